The van der Waals surface area contributed by atoms with Crippen LogP contribution in [0, 0.1) is 5.41 Å². The number of carbonyl (C=O) groups is 1. The van der Waals surface area contributed by atoms with E-state index in [1.165, 1.54) is 0 Å². The molecule has 0 radical (unpaired) electrons. The molecule has 156 valence electrons. The summed E-state index contributed by atoms with van der Waals surface area (Å²) in [6, 6.07) is 12.3. The van der Waals surface area contributed by atoms with Gasteiger partial charge in [-0.15, -0.1) is 5.06 Å². The van der Waals surface area contributed by atoms with Gasteiger partial charge in [0.1, 0.15) is 11.5 Å². The minimum Gasteiger partial charge on any atom is -0.491 e. The molecule has 1 amide bonds. The Labute approximate surface area is 182 Å². The van der Waals surface area contributed by atoms with Crippen molar-refractivity contribution < 1.29 is 18.9 Å². The first-order valence-corrected chi connectivity index (χ1v) is 9.61. The zero-order valence-electron chi connectivity index (χ0n) is 16.3. The molecule has 30 heavy (non-hydrogen) atoms. The lowest BCUT2D eigenvalue weighted by atomic mass is 10.1. The van der Waals surface area contributed by atoms with Crippen molar-refractivity contribution in [1.82, 2.24) is 15.2 Å². The van der Waals surface area contributed by atoms with E-state index < -0.39 is 0 Å². The summed E-state index contributed by atoms with van der Waals surface area (Å²) in [5, 5.41) is 14.1. The Morgan fingerprint density at radius 3 is 2.20 bits per heavy atom. The van der Waals surface area contributed by atoms with Crippen LogP contribution in [0.4, 0.5) is 4.79 Å². The van der Waals surface area contributed by atoms with Crippen LogP contribution in [0.25, 0.3) is 11.4 Å². The van der Waals surface area contributed by atoms with Crippen LogP contribution in [0.3, 0.4) is 0 Å². The number of nitrogens with one attached hydrogen (secondary N) is 1. The van der Waals surface area contributed by atoms with Gasteiger partial charge in [-0.05, 0) is 50.2 Å². The number of carbonyl (C=O) groups excluding carboxylic acids is 1. The lowest BCUT2D eigenvalue weighted by Crippen LogP contribution is -2.06. The second-order valence-electron chi connectivity index (χ2n) is 6.44. The first-order chi connectivity index (χ1) is 14.3. The maximum atomic E-state index is 9.59. The van der Waals surface area contributed by atoms with Crippen molar-refractivity contribution in [2.24, 2.45) is 0 Å². The molecule has 1 fully saturated rings. The molecule has 1 aromatic heterocycles. The zero-order valence-corrected chi connectivity index (χ0v) is 17.9. The molecule has 2 aromatic carbocycles. The Bertz CT molecular complexity index is 1050. The highest BCUT2D eigenvalue weighted by molar-refractivity contribution is 6.39. The molecule has 0 atom stereocenters. The number of hydroxylamine groups is 2. The summed E-state index contributed by atoms with van der Waals surface area (Å²) in [6.45, 7) is 3.91. The van der Waals surface area contributed by atoms with Gasteiger partial charge in [0.2, 0.25) is 5.82 Å². The van der Waals surface area contributed by atoms with Gasteiger partial charge in [0.25, 0.3) is 5.89 Å². The third-order valence-electron chi connectivity index (χ3n) is 3.78. The Hall–Kier alpha value is -3.10. The van der Waals surface area contributed by atoms with Gasteiger partial charge in [0, 0.05) is 5.56 Å². The van der Waals surface area contributed by atoms with E-state index in [-0.39, 0.29) is 29.6 Å². The van der Waals surface area contributed by atoms with E-state index in [2.05, 4.69) is 15.0 Å². The van der Waals surface area contributed by atoms with E-state index in [1.54, 1.807) is 49.5 Å². The Morgan fingerprint density at radius 2 is 1.70 bits per heavy atom. The fourth-order valence-corrected chi connectivity index (χ4v) is 2.90. The van der Waals surface area contributed by atoms with Crippen molar-refractivity contribution in [2.75, 3.05) is 7.05 Å². The topological polar surface area (TPSA) is 105 Å². The highest BCUT2D eigenvalue weighted by Crippen LogP contribution is 2.32. The number of ether oxygens (including phenoxy) is 1. The van der Waals surface area contributed by atoms with Gasteiger partial charge >= 0.3 is 6.09 Å². The first kappa shape index (κ1) is 21.6. The van der Waals surface area contributed by atoms with Gasteiger partial charge in [-0.3, -0.25) is 5.41 Å². The number of nitrogens with zero attached hydrogens (tertiary/aromatic N) is 3. The minimum absolute atomic E-state index is 0.0866. The lowest BCUT2D eigenvalue weighted by molar-refractivity contribution is 0.227. The molecular formula is C20H18Cl2N4O4. The van der Waals surface area contributed by atoms with E-state index in [0.29, 0.717) is 21.2 Å². The van der Waals surface area contributed by atoms with Gasteiger partial charge in [-0.2, -0.15) is 4.98 Å². The van der Waals surface area contributed by atoms with Crippen molar-refractivity contribution in [3.05, 3.63) is 64.0 Å². The van der Waals surface area contributed by atoms with Gasteiger partial charge in [-0.1, -0.05) is 34.4 Å². The van der Waals surface area contributed by atoms with Crippen LogP contribution < -0.4 is 4.74 Å². The second kappa shape index (κ2) is 9.15. The van der Waals surface area contributed by atoms with Gasteiger partial charge in [0.15, 0.2) is 0 Å². The molecule has 0 spiro atoms. The molecule has 0 saturated carbocycles. The summed E-state index contributed by atoms with van der Waals surface area (Å²) in [5.41, 5.74) is 1.23. The number of benzene rings is 2. The van der Waals surface area contributed by atoms with Gasteiger partial charge in [-0.25, -0.2) is 4.79 Å². The average molecular weight is 449 g/mol. The van der Waals surface area contributed by atoms with Crippen LogP contribution in [0.1, 0.15) is 25.3 Å². The molecule has 2 heterocycles. The third-order valence-corrected chi connectivity index (χ3v) is 4.41. The van der Waals surface area contributed by atoms with Crippen molar-refractivity contribution in [3.8, 4) is 17.1 Å². The zero-order chi connectivity index (χ0) is 21.8. The third kappa shape index (κ3) is 5.28. The molecule has 0 unspecified atom stereocenters. The molecule has 1 N–H and O–H groups in total. The Morgan fingerprint density at radius 1 is 1.13 bits per heavy atom. The van der Waals surface area contributed by atoms with E-state index >= 15 is 0 Å². The number of aromatic nitrogens is 2. The van der Waals surface area contributed by atoms with Crippen molar-refractivity contribution in [3.63, 3.8) is 0 Å². The standard InChI is InChI=1S/C18H15Cl2N3O2.C2H3NO2/c1-10(2)24-12-8-6-11(7-9-12)16(21)18-22-17(23-25-18)15-13(19)4-3-5-14(15)20;1-3-2(4)5-3/h3-10,21H,1-2H3;1H3. The normalized spacial score (nSPS) is 12.2. The SMILES string of the molecule is CC(C)Oc1ccc(C(=N)c2nc(-c3c(Cl)cccc3Cl)no2)cc1.CN1OC1=O. The molecule has 10 heteroatoms. The second-order valence-corrected chi connectivity index (χ2v) is 7.25. The van der Waals surface area contributed by atoms with Crippen LogP contribution in [0.2, 0.25) is 10.0 Å². The van der Waals surface area contributed by atoms with Crippen LogP contribution in [0.5, 0.6) is 5.75 Å². The van der Waals surface area contributed by atoms with Crippen molar-refractivity contribution in [1.29, 1.82) is 5.41 Å². The quantitative estimate of drug-likeness (QED) is 0.423. The Kier molecular flexibility index (Phi) is 6.59. The smallest absolute Gasteiger partial charge is 0.467 e. The summed E-state index contributed by atoms with van der Waals surface area (Å²) in [7, 11) is 1.56. The fourth-order valence-electron chi connectivity index (χ4n) is 2.33. The minimum atomic E-state index is -0.245. The molecule has 4 rings (SSSR count). The summed E-state index contributed by atoms with van der Waals surface area (Å²) in [5.74, 6) is 1.07. The number of halogens is 2. The fraction of sp³-hybridized carbons (Fsp3) is 0.200. The predicted octanol–water partition coefficient (Wildman–Crippen LogP) is 5.23. The van der Waals surface area contributed by atoms with Crippen LogP contribution in [-0.4, -0.2) is 40.2 Å². The molecule has 0 bridgehead atoms. The van der Waals surface area contributed by atoms with Crippen molar-refractivity contribution >= 4 is 35.0 Å². The van der Waals surface area contributed by atoms with Crippen LogP contribution in [-0.2, 0) is 4.84 Å². The van der Waals surface area contributed by atoms with Gasteiger partial charge < -0.3 is 14.1 Å². The number of amides is 1. The molecule has 3 aromatic rings. The Balaban J connectivity index is 0.000000448. The van der Waals surface area contributed by atoms with Crippen LogP contribution in [0.15, 0.2) is 47.0 Å². The molecule has 1 aliphatic rings. The molecule has 0 aliphatic carbocycles. The van der Waals surface area contributed by atoms with Gasteiger partial charge in [0.05, 0.1) is 28.8 Å². The summed E-state index contributed by atoms with van der Waals surface area (Å²) in [4.78, 5) is 17.9. The first-order valence-electron chi connectivity index (χ1n) is 8.86. The maximum absolute atomic E-state index is 9.59. The van der Waals surface area contributed by atoms with E-state index in [4.69, 9.17) is 37.9 Å². The average Bonchev–Trinajstić information content (AvgIpc) is 3.15. The molecule has 1 saturated heterocycles. The van der Waals surface area contributed by atoms with Crippen LogP contribution >= 0.6 is 23.2 Å². The molecule has 1 aliphatic heterocycles. The molecule has 8 nitrogen and oxygen atoms in total. The summed E-state index contributed by atoms with van der Waals surface area (Å²) in [6.07, 6.45) is -0.158. The number of hydrogen-bond acceptors (Lipinski definition) is 7. The maximum Gasteiger partial charge on any atom is 0.467 e. The van der Waals surface area contributed by atoms with E-state index in [0.717, 1.165) is 10.8 Å². The number of rotatable bonds is 5. The number of hydrogen-bond donors (Lipinski definition) is 1. The predicted molar refractivity (Wildman–Crippen MR) is 112 cm³/mol. The highest BCUT2D eigenvalue weighted by atomic mass is 35.5. The lowest BCUT2D eigenvalue weighted by Gasteiger charge is -2.09. The molecular weight excluding hydrogens is 431 g/mol. The monoisotopic (exact) mass is 448 g/mol. The summed E-state index contributed by atoms with van der Waals surface area (Å²) >= 11 is 12.3. The van der Waals surface area contributed by atoms with Crippen molar-refractivity contribution in [2.45, 2.75) is 20.0 Å². The highest BCUT2D eigenvalue weighted by Gasteiger charge is 2.28. The van der Waals surface area contributed by atoms with E-state index in [9.17, 15) is 4.79 Å². The van der Waals surface area contributed by atoms with E-state index in [1.807, 2.05) is 13.8 Å². The largest absolute Gasteiger partial charge is 0.491 e. The summed E-state index contributed by atoms with van der Waals surface area (Å²) < 4.78 is 10.8.